The van der Waals surface area contributed by atoms with Crippen LogP contribution in [0, 0.1) is 0 Å². The number of allylic oxidation sites excluding steroid dienone is 3. The molecule has 0 saturated carbocycles. The third-order valence-corrected chi connectivity index (χ3v) is 6.71. The number of carboxylic acid groups (broad SMARTS) is 1. The second-order valence-electron chi connectivity index (χ2n) is 9.27. The molecule has 1 N–H and O–H groups in total. The molecular weight excluding hydrogens is 360 g/mol. The van der Waals surface area contributed by atoms with Crippen LogP contribution in [0.1, 0.15) is 50.7 Å². The third kappa shape index (κ3) is 3.66. The van der Waals surface area contributed by atoms with Crippen LogP contribution < -0.4 is 4.90 Å². The van der Waals surface area contributed by atoms with Gasteiger partial charge in [-0.2, -0.15) is 0 Å². The zero-order chi connectivity index (χ0) is 20.8. The summed E-state index contributed by atoms with van der Waals surface area (Å²) in [5.74, 6) is -0.702. The summed E-state index contributed by atoms with van der Waals surface area (Å²) in [5.41, 5.74) is 8.09. The number of hydrogen-bond donors (Lipinski definition) is 1. The molecule has 1 saturated heterocycles. The number of carbonyl (C=O) groups is 1. The molecule has 29 heavy (non-hydrogen) atoms. The largest absolute Gasteiger partial charge is 0.481 e. The first-order valence-electron chi connectivity index (χ1n) is 10.7. The highest BCUT2D eigenvalue weighted by molar-refractivity contribution is 5.76. The molecule has 0 radical (unpaired) electrons. The van der Waals surface area contributed by atoms with E-state index >= 15 is 0 Å². The predicted molar refractivity (Wildman–Crippen MR) is 119 cm³/mol. The minimum Gasteiger partial charge on any atom is -0.481 e. The summed E-state index contributed by atoms with van der Waals surface area (Å²) in [6, 6.07) is 7.08. The van der Waals surface area contributed by atoms with Crippen LogP contribution in [0.2, 0.25) is 0 Å². The number of benzene rings is 1. The number of nitrogens with zero attached hydrogens (tertiary/aromatic N) is 2. The van der Waals surface area contributed by atoms with Gasteiger partial charge in [-0.1, -0.05) is 32.1 Å². The molecule has 1 fully saturated rings. The lowest BCUT2D eigenvalue weighted by atomic mass is 9.66. The van der Waals surface area contributed by atoms with E-state index in [9.17, 15) is 4.79 Å². The zero-order valence-electron chi connectivity index (χ0n) is 18.0. The topological polar surface area (TPSA) is 43.8 Å². The van der Waals surface area contributed by atoms with Gasteiger partial charge in [0.05, 0.1) is 6.04 Å². The zero-order valence-corrected chi connectivity index (χ0v) is 18.0. The standard InChI is InChI=1S/C25H32N2O2/c1-25(2)21-15-20(26(3)4)10-9-17(21)13-19-14-18-7-5-11-27(12-6-8-24(28)29)23(18)16-22(19)25/h9-10,13-16,23H,5-8,11-12H2,1-4H3,(H,28,29). The van der Waals surface area contributed by atoms with Crippen molar-refractivity contribution in [3.63, 3.8) is 0 Å². The van der Waals surface area contributed by atoms with Gasteiger partial charge >= 0.3 is 5.97 Å². The molecule has 4 nitrogen and oxygen atoms in total. The first kappa shape index (κ1) is 20.0. The second kappa shape index (κ2) is 7.49. The molecule has 4 rings (SSSR count). The molecule has 0 amide bonds. The van der Waals surface area contributed by atoms with Crippen LogP contribution in [0.3, 0.4) is 0 Å². The Morgan fingerprint density at radius 3 is 2.79 bits per heavy atom. The van der Waals surface area contributed by atoms with Crippen LogP contribution in [0.25, 0.3) is 6.08 Å². The van der Waals surface area contributed by atoms with E-state index in [1.807, 2.05) is 0 Å². The van der Waals surface area contributed by atoms with E-state index in [0.717, 1.165) is 25.9 Å². The molecule has 0 bridgehead atoms. The van der Waals surface area contributed by atoms with Gasteiger partial charge in [-0.25, -0.2) is 0 Å². The Bertz CT molecular complexity index is 921. The van der Waals surface area contributed by atoms with Crippen molar-refractivity contribution in [3.8, 4) is 0 Å². The summed E-state index contributed by atoms with van der Waals surface area (Å²) in [5, 5.41) is 9.00. The van der Waals surface area contributed by atoms with Gasteiger partial charge in [-0.15, -0.1) is 0 Å². The predicted octanol–water partition coefficient (Wildman–Crippen LogP) is 4.62. The number of likely N-dealkylation sites (tertiary alicyclic amines) is 1. The SMILES string of the molecule is CN(C)c1ccc2c(c1)C(C)(C)C1=CC3C(=CC1=C2)CCCN3CCCC(=O)O. The van der Waals surface area contributed by atoms with Crippen molar-refractivity contribution >= 4 is 17.7 Å². The summed E-state index contributed by atoms with van der Waals surface area (Å²) < 4.78 is 0. The fraction of sp³-hybridized carbons (Fsp3) is 0.480. The normalized spacial score (nSPS) is 22.5. The lowest BCUT2D eigenvalue weighted by Gasteiger charge is -2.43. The smallest absolute Gasteiger partial charge is 0.303 e. The maximum absolute atomic E-state index is 10.9. The molecule has 1 unspecified atom stereocenters. The van der Waals surface area contributed by atoms with Gasteiger partial charge in [0.1, 0.15) is 0 Å². The molecular formula is C25H32N2O2. The first-order valence-corrected chi connectivity index (χ1v) is 10.7. The van der Waals surface area contributed by atoms with Gasteiger partial charge in [0.2, 0.25) is 0 Å². The Morgan fingerprint density at radius 1 is 1.28 bits per heavy atom. The van der Waals surface area contributed by atoms with E-state index in [4.69, 9.17) is 5.11 Å². The lowest BCUT2D eigenvalue weighted by molar-refractivity contribution is -0.137. The molecule has 4 heteroatoms. The van der Waals surface area contributed by atoms with E-state index in [0.29, 0.717) is 12.5 Å². The Morgan fingerprint density at radius 2 is 2.07 bits per heavy atom. The average Bonchev–Trinajstić information content (AvgIpc) is 2.66. The van der Waals surface area contributed by atoms with Crippen LogP contribution in [-0.2, 0) is 10.2 Å². The van der Waals surface area contributed by atoms with Crippen LogP contribution >= 0.6 is 0 Å². The molecule has 1 atom stereocenters. The van der Waals surface area contributed by atoms with Gasteiger partial charge < -0.3 is 10.0 Å². The van der Waals surface area contributed by atoms with Crippen molar-refractivity contribution in [2.75, 3.05) is 32.1 Å². The maximum atomic E-state index is 10.9. The Hall–Kier alpha value is -2.33. The van der Waals surface area contributed by atoms with E-state index in [-0.39, 0.29) is 11.8 Å². The lowest BCUT2D eigenvalue weighted by Crippen LogP contribution is -2.43. The number of piperidine rings is 1. The number of rotatable bonds is 5. The summed E-state index contributed by atoms with van der Waals surface area (Å²) >= 11 is 0. The fourth-order valence-electron chi connectivity index (χ4n) is 5.08. The Labute approximate surface area is 174 Å². The summed E-state index contributed by atoms with van der Waals surface area (Å²) in [7, 11) is 4.18. The highest BCUT2D eigenvalue weighted by Crippen LogP contribution is 2.47. The molecule has 1 aliphatic heterocycles. The van der Waals surface area contributed by atoms with Gasteiger partial charge in [0.15, 0.2) is 0 Å². The Balaban J connectivity index is 1.70. The number of carboxylic acids is 1. The van der Waals surface area contributed by atoms with Crippen LogP contribution in [0.5, 0.6) is 0 Å². The van der Waals surface area contributed by atoms with Gasteiger partial charge in [-0.3, -0.25) is 9.69 Å². The number of aliphatic carboxylic acids is 1. The molecule has 1 heterocycles. The number of hydrogen-bond acceptors (Lipinski definition) is 3. The molecule has 3 aliphatic rings. The van der Waals surface area contributed by atoms with Crippen molar-refractivity contribution in [2.45, 2.75) is 51.0 Å². The molecule has 1 aromatic rings. The molecule has 1 aromatic carbocycles. The van der Waals surface area contributed by atoms with Crippen molar-refractivity contribution in [2.24, 2.45) is 0 Å². The van der Waals surface area contributed by atoms with E-state index in [2.05, 4.69) is 74.2 Å². The molecule has 0 aromatic heterocycles. The summed E-state index contributed by atoms with van der Waals surface area (Å²) in [6.45, 7) is 6.56. The molecule has 0 spiro atoms. The fourth-order valence-corrected chi connectivity index (χ4v) is 5.08. The summed E-state index contributed by atoms with van der Waals surface area (Å²) in [6.07, 6.45) is 10.5. The highest BCUT2D eigenvalue weighted by Gasteiger charge is 2.38. The van der Waals surface area contributed by atoms with Crippen molar-refractivity contribution < 1.29 is 9.90 Å². The quantitative estimate of drug-likeness (QED) is 0.794. The van der Waals surface area contributed by atoms with Crippen molar-refractivity contribution in [1.29, 1.82) is 0 Å². The molecule has 2 aliphatic carbocycles. The number of anilines is 1. The second-order valence-corrected chi connectivity index (χ2v) is 9.27. The average molecular weight is 393 g/mol. The van der Waals surface area contributed by atoms with Crippen molar-refractivity contribution in [3.05, 3.63) is 58.2 Å². The van der Waals surface area contributed by atoms with E-state index < -0.39 is 5.97 Å². The third-order valence-electron chi connectivity index (χ3n) is 6.71. The van der Waals surface area contributed by atoms with E-state index in [1.54, 1.807) is 0 Å². The van der Waals surface area contributed by atoms with Gasteiger partial charge in [0.25, 0.3) is 0 Å². The summed E-state index contributed by atoms with van der Waals surface area (Å²) in [4.78, 5) is 15.6. The minimum atomic E-state index is -0.702. The van der Waals surface area contributed by atoms with Crippen LogP contribution in [0.4, 0.5) is 5.69 Å². The minimum absolute atomic E-state index is 0.0579. The maximum Gasteiger partial charge on any atom is 0.303 e. The van der Waals surface area contributed by atoms with Crippen molar-refractivity contribution in [1.82, 2.24) is 4.90 Å². The Kier molecular flexibility index (Phi) is 5.16. The van der Waals surface area contributed by atoms with Crippen LogP contribution in [-0.4, -0.2) is 49.2 Å². The van der Waals surface area contributed by atoms with E-state index in [1.165, 1.54) is 33.5 Å². The first-order chi connectivity index (χ1) is 13.8. The monoisotopic (exact) mass is 392 g/mol. The van der Waals surface area contributed by atoms with Gasteiger partial charge in [0, 0.05) is 31.6 Å². The highest BCUT2D eigenvalue weighted by atomic mass is 16.4. The number of fused-ring (bicyclic) bond motifs is 3. The molecule has 154 valence electrons. The van der Waals surface area contributed by atoms with Gasteiger partial charge in [-0.05, 0) is 78.4 Å². The van der Waals surface area contributed by atoms with Crippen LogP contribution in [0.15, 0.2) is 47.1 Å².